The second-order valence-electron chi connectivity index (χ2n) is 3.27. The number of nitrogens with zero attached hydrogens (tertiary/aromatic N) is 2. The van der Waals surface area contributed by atoms with Gasteiger partial charge in [0.25, 0.3) is 0 Å². The predicted molar refractivity (Wildman–Crippen MR) is 54.8 cm³/mol. The second kappa shape index (κ2) is 3.61. The first-order chi connectivity index (χ1) is 7.02. The number of aromatic nitrogens is 2. The van der Waals surface area contributed by atoms with E-state index in [0.29, 0.717) is 18.0 Å². The Morgan fingerprint density at radius 2 is 2.13 bits per heavy atom. The lowest BCUT2D eigenvalue weighted by molar-refractivity contribution is 0.390. The molecular weight excluding hydrogens is 240 g/mol. The molecular formula is C8H9ClN2O3S. The number of rotatable bonds is 1. The number of sulfone groups is 1. The Morgan fingerprint density at radius 3 is 2.80 bits per heavy atom. The molecule has 0 atom stereocenters. The molecule has 5 nitrogen and oxygen atoms in total. The lowest BCUT2D eigenvalue weighted by atomic mass is 10.2. The molecule has 15 heavy (non-hydrogen) atoms. The summed E-state index contributed by atoms with van der Waals surface area (Å²) in [6.07, 6.45) is 0.387. The maximum Gasteiger partial charge on any atom is 0.225 e. The molecule has 0 unspecified atom stereocenters. The Kier molecular flexibility index (Phi) is 2.56. The zero-order chi connectivity index (χ0) is 11.1. The van der Waals surface area contributed by atoms with E-state index in [-0.39, 0.29) is 16.8 Å². The quantitative estimate of drug-likeness (QED) is 0.681. The predicted octanol–water partition coefficient (Wildman–Crippen LogP) is 0.609. The number of hydrogen-bond acceptors (Lipinski definition) is 5. The minimum Gasteiger partial charge on any atom is -0.481 e. The van der Waals surface area contributed by atoms with Crippen molar-refractivity contribution < 1.29 is 13.2 Å². The summed E-state index contributed by atoms with van der Waals surface area (Å²) in [5.41, 5.74) is 1.20. The van der Waals surface area contributed by atoms with Gasteiger partial charge >= 0.3 is 0 Å². The zero-order valence-corrected chi connectivity index (χ0v) is 9.60. The van der Waals surface area contributed by atoms with E-state index < -0.39 is 9.84 Å². The van der Waals surface area contributed by atoms with Crippen LogP contribution in [0.3, 0.4) is 0 Å². The van der Waals surface area contributed by atoms with Gasteiger partial charge in [0.15, 0.2) is 9.84 Å². The number of halogens is 1. The van der Waals surface area contributed by atoms with E-state index >= 15 is 0 Å². The molecule has 82 valence electrons. The van der Waals surface area contributed by atoms with Crippen LogP contribution in [-0.4, -0.2) is 31.2 Å². The van der Waals surface area contributed by atoms with Gasteiger partial charge in [-0.2, -0.15) is 4.98 Å². The van der Waals surface area contributed by atoms with Crippen LogP contribution < -0.4 is 4.74 Å². The van der Waals surface area contributed by atoms with Crippen LogP contribution in [0.25, 0.3) is 0 Å². The molecule has 0 N–H and O–H groups in total. The molecule has 1 aromatic rings. The smallest absolute Gasteiger partial charge is 0.225 e. The molecule has 0 bridgehead atoms. The average Bonchev–Trinajstić information content (AvgIpc) is 2.14. The summed E-state index contributed by atoms with van der Waals surface area (Å²) in [4.78, 5) is 7.80. The van der Waals surface area contributed by atoms with E-state index in [4.69, 9.17) is 16.3 Å². The highest BCUT2D eigenvalue weighted by Gasteiger charge is 2.26. The molecule has 0 fully saturated rings. The third-order valence-corrected chi connectivity index (χ3v) is 3.95. The van der Waals surface area contributed by atoms with E-state index in [9.17, 15) is 8.42 Å². The minimum atomic E-state index is -3.04. The Balaban J connectivity index is 2.56. The fraction of sp³-hybridized carbons (Fsp3) is 0.500. The van der Waals surface area contributed by atoms with Crippen LogP contribution in [0, 0.1) is 0 Å². The molecule has 0 aromatic carbocycles. The van der Waals surface area contributed by atoms with Gasteiger partial charge in [0.1, 0.15) is 0 Å². The largest absolute Gasteiger partial charge is 0.481 e. The molecule has 1 aliphatic heterocycles. The van der Waals surface area contributed by atoms with Gasteiger partial charge in [-0.05, 0) is 18.0 Å². The summed E-state index contributed by atoms with van der Waals surface area (Å²) in [5, 5.41) is 0.0164. The van der Waals surface area contributed by atoms with Crippen molar-refractivity contribution >= 4 is 21.4 Å². The van der Waals surface area contributed by atoms with E-state index in [1.54, 1.807) is 0 Å². The Labute approximate surface area is 92.4 Å². The van der Waals surface area contributed by atoms with Crippen molar-refractivity contribution in [2.75, 3.05) is 12.9 Å². The summed E-state index contributed by atoms with van der Waals surface area (Å²) in [7, 11) is -1.57. The van der Waals surface area contributed by atoms with Crippen LogP contribution >= 0.6 is 11.6 Å². The van der Waals surface area contributed by atoms with Crippen LogP contribution in [-0.2, 0) is 22.0 Å². The highest BCUT2D eigenvalue weighted by atomic mass is 35.5. The van der Waals surface area contributed by atoms with Crippen molar-refractivity contribution in [3.63, 3.8) is 0 Å². The molecule has 7 heteroatoms. The number of hydrogen-bond donors (Lipinski definition) is 0. The molecule has 0 amide bonds. The summed E-state index contributed by atoms with van der Waals surface area (Å²) in [5.74, 6) is 0.405. The first kappa shape index (κ1) is 10.6. The van der Waals surface area contributed by atoms with Crippen molar-refractivity contribution in [2.45, 2.75) is 12.2 Å². The van der Waals surface area contributed by atoms with Crippen LogP contribution in [0.4, 0.5) is 0 Å². The van der Waals surface area contributed by atoms with E-state index in [0.717, 1.165) is 5.56 Å². The molecule has 0 saturated carbocycles. The van der Waals surface area contributed by atoms with Gasteiger partial charge in [-0.3, -0.25) is 0 Å². The van der Waals surface area contributed by atoms with Crippen LogP contribution in [0.15, 0.2) is 0 Å². The molecule has 0 spiro atoms. The third kappa shape index (κ3) is 2.05. The summed E-state index contributed by atoms with van der Waals surface area (Å²) in [6.45, 7) is 0. The topological polar surface area (TPSA) is 69.2 Å². The summed E-state index contributed by atoms with van der Waals surface area (Å²) in [6, 6.07) is 0. The van der Waals surface area contributed by atoms with Gasteiger partial charge in [-0.15, -0.1) is 0 Å². The highest BCUT2D eigenvalue weighted by Crippen LogP contribution is 2.27. The number of ether oxygens (including phenoxy) is 1. The molecule has 1 aliphatic rings. The summed E-state index contributed by atoms with van der Waals surface area (Å²) < 4.78 is 27.8. The normalized spacial score (nSPS) is 18.3. The zero-order valence-electron chi connectivity index (χ0n) is 8.03. The highest BCUT2D eigenvalue weighted by molar-refractivity contribution is 7.90. The molecule has 0 aliphatic carbocycles. The van der Waals surface area contributed by atoms with Crippen molar-refractivity contribution in [1.82, 2.24) is 9.97 Å². The maximum atomic E-state index is 11.4. The van der Waals surface area contributed by atoms with Crippen molar-refractivity contribution in [3.05, 3.63) is 16.5 Å². The third-order valence-electron chi connectivity index (χ3n) is 2.24. The lowest BCUT2D eigenvalue weighted by Gasteiger charge is -2.17. The van der Waals surface area contributed by atoms with Crippen LogP contribution in [0.1, 0.15) is 11.3 Å². The first-order valence-corrected chi connectivity index (χ1v) is 6.51. The van der Waals surface area contributed by atoms with E-state index in [2.05, 4.69) is 9.97 Å². The molecule has 0 saturated heterocycles. The molecule has 2 heterocycles. The Hall–Kier alpha value is -0.880. The first-order valence-electron chi connectivity index (χ1n) is 4.31. The van der Waals surface area contributed by atoms with Crippen LogP contribution in [0.5, 0.6) is 5.88 Å². The monoisotopic (exact) mass is 248 g/mol. The van der Waals surface area contributed by atoms with Crippen molar-refractivity contribution in [2.24, 2.45) is 0 Å². The molecule has 0 radical (unpaired) electrons. The standard InChI is InChI=1S/C8H9ClN2O3S/c1-14-7-5-2-3-15(12,13)4-6(5)10-8(9)11-7/h2-4H2,1H3. The van der Waals surface area contributed by atoms with Gasteiger partial charge in [0.2, 0.25) is 11.2 Å². The summed E-state index contributed by atoms with van der Waals surface area (Å²) >= 11 is 5.66. The average molecular weight is 249 g/mol. The minimum absolute atomic E-state index is 0.0164. The fourth-order valence-electron chi connectivity index (χ4n) is 1.56. The second-order valence-corrected chi connectivity index (χ2v) is 5.79. The Morgan fingerprint density at radius 1 is 1.40 bits per heavy atom. The van der Waals surface area contributed by atoms with E-state index in [1.807, 2.05) is 0 Å². The lowest BCUT2D eigenvalue weighted by Crippen LogP contribution is -2.21. The maximum absolute atomic E-state index is 11.4. The van der Waals surface area contributed by atoms with Gasteiger partial charge in [-0.1, -0.05) is 0 Å². The SMILES string of the molecule is COc1nc(Cl)nc2c1CCS(=O)(=O)C2. The van der Waals surface area contributed by atoms with Gasteiger partial charge in [0, 0.05) is 5.56 Å². The molecule has 2 rings (SSSR count). The van der Waals surface area contributed by atoms with Crippen molar-refractivity contribution in [3.8, 4) is 5.88 Å². The number of methoxy groups -OCH3 is 1. The van der Waals surface area contributed by atoms with Gasteiger partial charge in [0.05, 0.1) is 24.3 Å². The number of fused-ring (bicyclic) bond motifs is 1. The van der Waals surface area contributed by atoms with Crippen molar-refractivity contribution in [1.29, 1.82) is 0 Å². The molecule has 1 aromatic heterocycles. The van der Waals surface area contributed by atoms with E-state index in [1.165, 1.54) is 7.11 Å². The fourth-order valence-corrected chi connectivity index (χ4v) is 3.05. The van der Waals surface area contributed by atoms with Crippen LogP contribution in [0.2, 0.25) is 5.28 Å². The van der Waals surface area contributed by atoms with Gasteiger partial charge in [-0.25, -0.2) is 13.4 Å². The van der Waals surface area contributed by atoms with Gasteiger partial charge < -0.3 is 4.74 Å². The Bertz CT molecular complexity index is 501.